The molecule has 1 aromatic heterocycles. The summed E-state index contributed by atoms with van der Waals surface area (Å²) in [6.07, 6.45) is 7.93. The Bertz CT molecular complexity index is 454. The number of carbonyl (C=O) groups excluding carboxylic acids is 1. The van der Waals surface area contributed by atoms with Gasteiger partial charge in [-0.05, 0) is 35.2 Å². The van der Waals surface area contributed by atoms with E-state index in [1.807, 2.05) is 22.8 Å². The molecule has 2 rings (SSSR count). The van der Waals surface area contributed by atoms with Crippen LogP contribution in [0.1, 0.15) is 32.6 Å². The van der Waals surface area contributed by atoms with Crippen molar-refractivity contribution in [3.05, 3.63) is 16.9 Å². The van der Waals surface area contributed by atoms with Crippen molar-refractivity contribution in [3.63, 3.8) is 0 Å². The Labute approximate surface area is 135 Å². The van der Waals surface area contributed by atoms with Crippen LogP contribution < -0.4 is 0 Å². The van der Waals surface area contributed by atoms with Gasteiger partial charge in [0.15, 0.2) is 0 Å². The molecule has 1 aliphatic heterocycles. The zero-order valence-corrected chi connectivity index (χ0v) is 14.5. The summed E-state index contributed by atoms with van der Waals surface area (Å²) in [5.41, 5.74) is 0. The van der Waals surface area contributed by atoms with E-state index in [9.17, 15) is 4.79 Å². The lowest BCUT2D eigenvalue weighted by atomic mass is 9.95. The molecule has 5 nitrogen and oxygen atoms in total. The van der Waals surface area contributed by atoms with Crippen LogP contribution in [0.15, 0.2) is 16.9 Å². The van der Waals surface area contributed by atoms with E-state index in [0.717, 1.165) is 56.5 Å². The van der Waals surface area contributed by atoms with Crippen molar-refractivity contribution < 1.29 is 4.79 Å². The van der Waals surface area contributed by atoms with Gasteiger partial charge in [0.1, 0.15) is 0 Å². The van der Waals surface area contributed by atoms with Crippen molar-refractivity contribution in [3.8, 4) is 0 Å². The number of unbranched alkanes of at least 4 members (excludes halogenated alkanes) is 1. The van der Waals surface area contributed by atoms with Gasteiger partial charge in [0.25, 0.3) is 0 Å². The topological polar surface area (TPSA) is 41.4 Å². The molecule has 2 heterocycles. The monoisotopic (exact) mass is 356 g/mol. The van der Waals surface area contributed by atoms with Crippen molar-refractivity contribution >= 4 is 21.8 Å². The number of amides is 1. The molecule has 0 saturated carbocycles. The Kier molecular flexibility index (Phi) is 6.23. The minimum atomic E-state index is 0.201. The van der Waals surface area contributed by atoms with Crippen LogP contribution in [0.3, 0.4) is 0 Å². The first kappa shape index (κ1) is 16.5. The first-order valence-electron chi connectivity index (χ1n) is 7.75. The minimum Gasteiger partial charge on any atom is -0.346 e. The highest BCUT2D eigenvalue weighted by Crippen LogP contribution is 2.20. The summed E-state index contributed by atoms with van der Waals surface area (Å²) < 4.78 is 2.93. The average Bonchev–Trinajstić information content (AvgIpc) is 2.90. The van der Waals surface area contributed by atoms with Gasteiger partial charge in [-0.3, -0.25) is 14.4 Å². The number of aromatic nitrogens is 2. The molecule has 0 bridgehead atoms. The molecule has 0 radical (unpaired) electrons. The quantitative estimate of drug-likeness (QED) is 0.786. The second-order valence-corrected chi connectivity index (χ2v) is 6.76. The van der Waals surface area contributed by atoms with Crippen LogP contribution in [0.4, 0.5) is 0 Å². The lowest BCUT2D eigenvalue weighted by molar-refractivity contribution is -0.135. The molecule has 0 unspecified atom stereocenters. The summed E-state index contributed by atoms with van der Waals surface area (Å²) in [6.45, 7) is 5.78. The number of piperidine rings is 1. The smallest absolute Gasteiger partial charge is 0.225 e. The maximum Gasteiger partial charge on any atom is 0.225 e. The van der Waals surface area contributed by atoms with Crippen molar-refractivity contribution in [2.45, 2.75) is 39.3 Å². The molecule has 1 saturated heterocycles. The number of hydrogen-bond acceptors (Lipinski definition) is 3. The summed E-state index contributed by atoms with van der Waals surface area (Å²) in [7, 11) is 1.94. The van der Waals surface area contributed by atoms with Crippen molar-refractivity contribution in [1.29, 1.82) is 0 Å². The fraction of sp³-hybridized carbons (Fsp3) is 0.733. The van der Waals surface area contributed by atoms with Gasteiger partial charge in [-0.1, -0.05) is 13.3 Å². The molecule has 1 amide bonds. The highest BCUT2D eigenvalue weighted by Gasteiger charge is 2.27. The van der Waals surface area contributed by atoms with Crippen LogP contribution in [0, 0.1) is 5.92 Å². The molecule has 6 heteroatoms. The second-order valence-electron chi connectivity index (χ2n) is 5.85. The van der Waals surface area contributed by atoms with Crippen LogP contribution in [-0.4, -0.2) is 52.2 Å². The maximum atomic E-state index is 12.4. The van der Waals surface area contributed by atoms with E-state index in [2.05, 4.69) is 32.9 Å². The highest BCUT2D eigenvalue weighted by molar-refractivity contribution is 9.10. The standard InChI is InChI=1S/C15H25BrN4O/c1-3-4-7-18(2)15(21)13-5-8-19(9-6-13)12-20-11-14(16)10-17-20/h10-11,13H,3-9,12H2,1-2H3. The summed E-state index contributed by atoms with van der Waals surface area (Å²) in [5.74, 6) is 0.525. The molecule has 0 spiro atoms. The molecule has 21 heavy (non-hydrogen) atoms. The molecule has 0 N–H and O–H groups in total. The predicted octanol–water partition coefficient (Wildman–Crippen LogP) is 2.57. The first-order valence-corrected chi connectivity index (χ1v) is 8.54. The van der Waals surface area contributed by atoms with Gasteiger partial charge in [0.2, 0.25) is 5.91 Å². The Morgan fingerprint density at radius 2 is 2.19 bits per heavy atom. The number of likely N-dealkylation sites (tertiary alicyclic amines) is 1. The molecule has 0 atom stereocenters. The van der Waals surface area contributed by atoms with Crippen molar-refractivity contribution in [2.75, 3.05) is 26.7 Å². The number of carbonyl (C=O) groups is 1. The largest absolute Gasteiger partial charge is 0.346 e. The van der Waals surface area contributed by atoms with E-state index in [1.54, 1.807) is 6.20 Å². The molecular weight excluding hydrogens is 332 g/mol. The van der Waals surface area contributed by atoms with E-state index in [1.165, 1.54) is 0 Å². The van der Waals surface area contributed by atoms with Crippen molar-refractivity contribution in [2.24, 2.45) is 5.92 Å². The Morgan fingerprint density at radius 1 is 1.48 bits per heavy atom. The maximum absolute atomic E-state index is 12.4. The fourth-order valence-corrected chi connectivity index (χ4v) is 3.09. The van der Waals surface area contributed by atoms with Gasteiger partial charge < -0.3 is 4.90 Å². The Balaban J connectivity index is 1.76. The summed E-state index contributed by atoms with van der Waals surface area (Å²) in [5, 5.41) is 4.28. The SMILES string of the molecule is CCCCN(C)C(=O)C1CCN(Cn2cc(Br)cn2)CC1. The zero-order valence-electron chi connectivity index (χ0n) is 13.0. The van der Waals surface area contributed by atoms with Gasteiger partial charge in [-0.15, -0.1) is 0 Å². The highest BCUT2D eigenvalue weighted by atomic mass is 79.9. The van der Waals surface area contributed by atoms with E-state index >= 15 is 0 Å². The molecule has 0 aromatic carbocycles. The van der Waals surface area contributed by atoms with E-state index in [0.29, 0.717) is 5.91 Å². The van der Waals surface area contributed by atoms with Gasteiger partial charge in [-0.2, -0.15) is 5.10 Å². The Hall–Kier alpha value is -0.880. The molecule has 118 valence electrons. The molecule has 1 aliphatic rings. The normalized spacial score (nSPS) is 17.1. The molecule has 0 aliphatic carbocycles. The number of hydrogen-bond donors (Lipinski definition) is 0. The zero-order chi connectivity index (χ0) is 15.2. The minimum absolute atomic E-state index is 0.201. The van der Waals surface area contributed by atoms with Crippen LogP contribution in [0.2, 0.25) is 0 Å². The second kappa shape index (κ2) is 7.94. The average molecular weight is 357 g/mol. The van der Waals surface area contributed by atoms with Gasteiger partial charge >= 0.3 is 0 Å². The molecular formula is C15H25BrN4O. The Morgan fingerprint density at radius 3 is 2.76 bits per heavy atom. The van der Waals surface area contributed by atoms with Crippen LogP contribution in [-0.2, 0) is 11.5 Å². The third-order valence-electron chi connectivity index (χ3n) is 4.11. The van der Waals surface area contributed by atoms with Gasteiger partial charge in [-0.25, -0.2) is 0 Å². The third kappa shape index (κ3) is 4.81. The summed E-state index contributed by atoms with van der Waals surface area (Å²) in [4.78, 5) is 16.6. The lowest BCUT2D eigenvalue weighted by Crippen LogP contribution is -2.42. The number of nitrogens with zero attached hydrogens (tertiary/aromatic N) is 4. The van der Waals surface area contributed by atoms with E-state index in [-0.39, 0.29) is 5.92 Å². The first-order chi connectivity index (χ1) is 10.1. The third-order valence-corrected chi connectivity index (χ3v) is 4.52. The molecule has 1 aromatic rings. The van der Waals surface area contributed by atoms with Crippen LogP contribution in [0.25, 0.3) is 0 Å². The van der Waals surface area contributed by atoms with Crippen LogP contribution >= 0.6 is 15.9 Å². The van der Waals surface area contributed by atoms with Gasteiger partial charge in [0, 0.05) is 38.8 Å². The number of halogens is 1. The van der Waals surface area contributed by atoms with E-state index < -0.39 is 0 Å². The lowest BCUT2D eigenvalue weighted by Gasteiger charge is -2.33. The molecule has 1 fully saturated rings. The summed E-state index contributed by atoms with van der Waals surface area (Å²) in [6, 6.07) is 0. The predicted molar refractivity (Wildman–Crippen MR) is 86.8 cm³/mol. The van der Waals surface area contributed by atoms with Crippen LogP contribution in [0.5, 0.6) is 0 Å². The van der Waals surface area contributed by atoms with Gasteiger partial charge in [0.05, 0.1) is 17.3 Å². The van der Waals surface area contributed by atoms with Crippen molar-refractivity contribution in [1.82, 2.24) is 19.6 Å². The van der Waals surface area contributed by atoms with E-state index in [4.69, 9.17) is 0 Å². The number of rotatable bonds is 6. The summed E-state index contributed by atoms with van der Waals surface area (Å²) >= 11 is 3.41. The fourth-order valence-electron chi connectivity index (χ4n) is 2.76.